The van der Waals surface area contributed by atoms with E-state index >= 15 is 0 Å². The third-order valence-electron chi connectivity index (χ3n) is 5.27. The lowest BCUT2D eigenvalue weighted by molar-refractivity contribution is -0.141. The monoisotopic (exact) mass is 499 g/mol. The predicted octanol–water partition coefficient (Wildman–Crippen LogP) is 5.28. The summed E-state index contributed by atoms with van der Waals surface area (Å²) >= 11 is 6.25. The van der Waals surface area contributed by atoms with Gasteiger partial charge in [0.05, 0.1) is 17.3 Å². The van der Waals surface area contributed by atoms with Crippen LogP contribution in [0.2, 0.25) is 5.02 Å². The van der Waals surface area contributed by atoms with E-state index in [-0.39, 0.29) is 24.8 Å². The number of hydrogen-bond acceptors (Lipinski definition) is 6. The Bertz CT molecular complexity index is 1130. The van der Waals surface area contributed by atoms with Crippen molar-refractivity contribution in [1.82, 2.24) is 9.80 Å². The lowest BCUT2D eigenvalue weighted by Gasteiger charge is -2.22. The molecule has 186 valence electrons. The maximum Gasteiger partial charge on any atom is 0.336 e. The van der Waals surface area contributed by atoms with E-state index in [1.807, 2.05) is 43.3 Å². The second-order valence-corrected chi connectivity index (χ2v) is 9.57. The lowest BCUT2D eigenvalue weighted by Crippen LogP contribution is -2.36. The molecule has 0 radical (unpaired) electrons. The molecule has 3 amide bonds. The summed E-state index contributed by atoms with van der Waals surface area (Å²) in [5.74, 6) is -1.25. The van der Waals surface area contributed by atoms with Crippen LogP contribution in [0.1, 0.15) is 38.8 Å². The fourth-order valence-electron chi connectivity index (χ4n) is 3.31. The number of ether oxygens (including phenoxy) is 1. The minimum Gasteiger partial charge on any atom is -0.363 e. The number of nitrogens with zero attached hydrogens (tertiary/aromatic N) is 2. The Morgan fingerprint density at radius 1 is 1.14 bits per heavy atom. The molecule has 1 N–H and O–H groups in total. The van der Waals surface area contributed by atoms with Crippen molar-refractivity contribution in [2.75, 3.05) is 12.1 Å². The van der Waals surface area contributed by atoms with Crippen LogP contribution < -0.4 is 5.48 Å². The van der Waals surface area contributed by atoms with Crippen molar-refractivity contribution in [2.45, 2.75) is 47.4 Å². The van der Waals surface area contributed by atoms with Crippen LogP contribution in [0.25, 0.3) is 0 Å². The van der Waals surface area contributed by atoms with E-state index in [1.54, 1.807) is 39.8 Å². The summed E-state index contributed by atoms with van der Waals surface area (Å²) in [5.41, 5.74) is 4.06. The van der Waals surface area contributed by atoms with Gasteiger partial charge in [0.1, 0.15) is 0 Å². The number of anilines is 1. The van der Waals surface area contributed by atoms with Crippen LogP contribution in [0, 0.1) is 12.3 Å². The van der Waals surface area contributed by atoms with E-state index in [0.29, 0.717) is 10.7 Å². The maximum atomic E-state index is 13.5. The number of benzene rings is 2. The molecule has 0 spiro atoms. The summed E-state index contributed by atoms with van der Waals surface area (Å²) in [6, 6.07) is 13.8. The average molecular weight is 500 g/mol. The molecular formula is C26H30ClN3O5. The van der Waals surface area contributed by atoms with Crippen molar-refractivity contribution < 1.29 is 24.0 Å². The molecule has 1 atom stereocenters. The third-order valence-corrected chi connectivity index (χ3v) is 5.60. The molecule has 0 aliphatic carbocycles. The van der Waals surface area contributed by atoms with E-state index in [9.17, 15) is 14.4 Å². The van der Waals surface area contributed by atoms with Gasteiger partial charge in [-0.25, -0.2) is 10.3 Å². The van der Waals surface area contributed by atoms with Crippen LogP contribution in [-0.2, 0) is 25.7 Å². The quantitative estimate of drug-likeness (QED) is 0.219. The molecule has 0 saturated carbocycles. The van der Waals surface area contributed by atoms with Gasteiger partial charge in [-0.2, -0.15) is 4.90 Å². The zero-order valence-electron chi connectivity index (χ0n) is 20.5. The van der Waals surface area contributed by atoms with E-state index in [4.69, 9.17) is 21.2 Å². The summed E-state index contributed by atoms with van der Waals surface area (Å²) in [4.78, 5) is 47.5. The van der Waals surface area contributed by atoms with E-state index < -0.39 is 23.6 Å². The van der Waals surface area contributed by atoms with Crippen molar-refractivity contribution in [3.05, 3.63) is 76.6 Å². The van der Waals surface area contributed by atoms with Crippen LogP contribution in [-0.4, -0.2) is 40.4 Å². The Kier molecular flexibility index (Phi) is 8.19. The van der Waals surface area contributed by atoms with Gasteiger partial charge in [0, 0.05) is 18.1 Å². The molecule has 2 aromatic rings. The van der Waals surface area contributed by atoms with Crippen LogP contribution >= 0.6 is 11.6 Å². The van der Waals surface area contributed by atoms with Gasteiger partial charge < -0.3 is 9.57 Å². The zero-order chi connectivity index (χ0) is 25.8. The lowest BCUT2D eigenvalue weighted by atomic mass is 9.91. The molecule has 1 fully saturated rings. The molecule has 1 aliphatic heterocycles. The highest BCUT2D eigenvalue weighted by Crippen LogP contribution is 2.29. The Labute approximate surface area is 210 Å². The maximum absolute atomic E-state index is 13.5. The Morgan fingerprint density at radius 3 is 2.46 bits per heavy atom. The number of amides is 3. The fraction of sp³-hybridized carbons (Fsp3) is 0.346. The van der Waals surface area contributed by atoms with Gasteiger partial charge >= 0.3 is 6.03 Å². The summed E-state index contributed by atoms with van der Waals surface area (Å²) in [7, 11) is 0. The summed E-state index contributed by atoms with van der Waals surface area (Å²) < 4.78 is 5.63. The minimum absolute atomic E-state index is 0.143. The average Bonchev–Trinajstić information content (AvgIpc) is 3.03. The van der Waals surface area contributed by atoms with Gasteiger partial charge in [-0.15, -0.1) is 0 Å². The van der Waals surface area contributed by atoms with Gasteiger partial charge in [-0.3, -0.25) is 14.5 Å². The highest BCUT2D eigenvalue weighted by Gasteiger charge is 2.49. The van der Waals surface area contributed by atoms with Crippen molar-refractivity contribution in [3.8, 4) is 0 Å². The van der Waals surface area contributed by atoms with Crippen LogP contribution in [0.15, 0.2) is 60.5 Å². The standard InChI is InChI=1S/C26H30ClN3O5/c1-6-34-24-23(32)30(25(33)29(24)16-18-10-8-7-9-11-18)22(15-21(31)26(3,4)5)35-28-20-14-17(2)12-13-19(20)27/h7-15,24,28H,6,16H2,1-5H3. The number of halogens is 1. The number of ketones is 1. The number of hydrogen-bond donors (Lipinski definition) is 1. The second-order valence-electron chi connectivity index (χ2n) is 9.16. The van der Waals surface area contributed by atoms with Crippen molar-refractivity contribution >= 4 is 35.0 Å². The van der Waals surface area contributed by atoms with E-state index in [1.165, 1.54) is 4.90 Å². The molecule has 1 heterocycles. The normalized spacial score (nSPS) is 16.6. The third kappa shape index (κ3) is 6.21. The first-order chi connectivity index (χ1) is 16.5. The topological polar surface area (TPSA) is 88.2 Å². The van der Waals surface area contributed by atoms with Gasteiger partial charge in [0.2, 0.25) is 12.1 Å². The van der Waals surface area contributed by atoms with E-state index in [2.05, 4.69) is 5.48 Å². The van der Waals surface area contributed by atoms with Crippen molar-refractivity contribution in [2.24, 2.45) is 5.41 Å². The number of carbonyl (C=O) groups excluding carboxylic acids is 3. The van der Waals surface area contributed by atoms with E-state index in [0.717, 1.165) is 22.1 Å². The molecule has 1 unspecified atom stereocenters. The van der Waals surface area contributed by atoms with Crippen molar-refractivity contribution in [1.29, 1.82) is 0 Å². The molecule has 1 aliphatic rings. The van der Waals surface area contributed by atoms with Gasteiger partial charge in [0.25, 0.3) is 5.91 Å². The molecule has 0 bridgehead atoms. The highest BCUT2D eigenvalue weighted by molar-refractivity contribution is 6.33. The number of aryl methyl sites for hydroxylation is 1. The van der Waals surface area contributed by atoms with Gasteiger partial charge in [-0.1, -0.05) is 68.8 Å². The van der Waals surface area contributed by atoms with Gasteiger partial charge in [0.15, 0.2) is 5.78 Å². The second kappa shape index (κ2) is 10.9. The number of imide groups is 1. The SMILES string of the molecule is CCOC1C(=O)N(C(=CC(=O)C(C)(C)C)ONc2cc(C)ccc2Cl)C(=O)N1Cc1ccccc1. The Morgan fingerprint density at radius 2 is 1.83 bits per heavy atom. The summed E-state index contributed by atoms with van der Waals surface area (Å²) in [5, 5.41) is 0.370. The summed E-state index contributed by atoms with van der Waals surface area (Å²) in [6.07, 6.45) is -0.0198. The van der Waals surface area contributed by atoms with Gasteiger partial charge in [-0.05, 0) is 37.1 Å². The first kappa shape index (κ1) is 26.2. The molecule has 3 rings (SSSR count). The number of carbonyl (C=O) groups is 3. The summed E-state index contributed by atoms with van der Waals surface area (Å²) in [6.45, 7) is 9.15. The molecule has 9 heteroatoms. The zero-order valence-corrected chi connectivity index (χ0v) is 21.3. The molecule has 1 saturated heterocycles. The molecular weight excluding hydrogens is 470 g/mol. The van der Waals surface area contributed by atoms with Crippen molar-refractivity contribution in [3.63, 3.8) is 0 Å². The first-order valence-corrected chi connectivity index (χ1v) is 11.7. The molecule has 8 nitrogen and oxygen atoms in total. The minimum atomic E-state index is -1.16. The first-order valence-electron chi connectivity index (χ1n) is 11.3. The number of nitrogens with one attached hydrogen (secondary N) is 1. The predicted molar refractivity (Wildman–Crippen MR) is 133 cm³/mol. The number of urea groups is 1. The molecule has 35 heavy (non-hydrogen) atoms. The Hall–Kier alpha value is -3.36. The smallest absolute Gasteiger partial charge is 0.336 e. The molecule has 2 aromatic carbocycles. The molecule has 0 aromatic heterocycles. The van der Waals surface area contributed by atoms with Crippen LogP contribution in [0.5, 0.6) is 0 Å². The Balaban J connectivity index is 1.97. The van der Waals surface area contributed by atoms with Crippen LogP contribution in [0.3, 0.4) is 0 Å². The van der Waals surface area contributed by atoms with Crippen LogP contribution in [0.4, 0.5) is 10.5 Å². The highest BCUT2D eigenvalue weighted by atomic mass is 35.5. The largest absolute Gasteiger partial charge is 0.363 e. The number of allylic oxidation sites excluding steroid dienone is 1. The fourth-order valence-corrected chi connectivity index (χ4v) is 3.47. The number of rotatable bonds is 9.